The first kappa shape index (κ1) is 10.0. The molecule has 5 heteroatoms. The van der Waals surface area contributed by atoms with Crippen molar-refractivity contribution in [2.75, 3.05) is 18.5 Å². The van der Waals surface area contributed by atoms with Crippen molar-refractivity contribution in [3.05, 3.63) is 18.4 Å². The SMILES string of the molecule is O=C(NCC1CCCO1)Nc1ccco1. The predicted octanol–water partition coefficient (Wildman–Crippen LogP) is 1.58. The molecule has 0 saturated carbocycles. The first-order chi connectivity index (χ1) is 7.34. The highest BCUT2D eigenvalue weighted by Crippen LogP contribution is 2.10. The van der Waals surface area contributed by atoms with E-state index in [4.69, 9.17) is 9.15 Å². The fourth-order valence-electron chi connectivity index (χ4n) is 1.52. The summed E-state index contributed by atoms with van der Waals surface area (Å²) in [5.41, 5.74) is 0. The molecular formula is C10H14N2O3. The molecule has 1 aliphatic rings. The van der Waals surface area contributed by atoms with Crippen LogP contribution in [0.25, 0.3) is 0 Å². The minimum Gasteiger partial charge on any atom is -0.449 e. The van der Waals surface area contributed by atoms with Gasteiger partial charge in [-0.2, -0.15) is 0 Å². The quantitative estimate of drug-likeness (QED) is 0.796. The minimum atomic E-state index is -0.263. The van der Waals surface area contributed by atoms with E-state index in [1.807, 2.05) is 0 Å². The fraction of sp³-hybridized carbons (Fsp3) is 0.500. The Kier molecular flexibility index (Phi) is 3.24. The van der Waals surface area contributed by atoms with E-state index in [0.717, 1.165) is 19.4 Å². The maximum Gasteiger partial charge on any atom is 0.321 e. The van der Waals surface area contributed by atoms with Gasteiger partial charge in [0.15, 0.2) is 0 Å². The Labute approximate surface area is 87.8 Å². The van der Waals surface area contributed by atoms with Gasteiger partial charge in [-0.05, 0) is 18.9 Å². The average Bonchev–Trinajstić information content (AvgIpc) is 2.86. The van der Waals surface area contributed by atoms with Crippen LogP contribution in [0.2, 0.25) is 0 Å². The first-order valence-electron chi connectivity index (χ1n) is 5.04. The lowest BCUT2D eigenvalue weighted by Crippen LogP contribution is -2.34. The number of rotatable bonds is 3. The van der Waals surface area contributed by atoms with Crippen LogP contribution < -0.4 is 10.6 Å². The monoisotopic (exact) mass is 210 g/mol. The Morgan fingerprint density at radius 1 is 1.60 bits per heavy atom. The van der Waals surface area contributed by atoms with Crippen LogP contribution in [0.1, 0.15) is 12.8 Å². The second-order valence-electron chi connectivity index (χ2n) is 3.45. The lowest BCUT2D eigenvalue weighted by Gasteiger charge is -2.10. The smallest absolute Gasteiger partial charge is 0.321 e. The molecule has 0 aliphatic carbocycles. The number of carbonyl (C=O) groups is 1. The van der Waals surface area contributed by atoms with Gasteiger partial charge in [0.25, 0.3) is 0 Å². The van der Waals surface area contributed by atoms with Gasteiger partial charge in [-0.25, -0.2) is 4.79 Å². The van der Waals surface area contributed by atoms with Crippen molar-refractivity contribution in [2.45, 2.75) is 18.9 Å². The molecule has 1 saturated heterocycles. The van der Waals surface area contributed by atoms with Gasteiger partial charge in [0.1, 0.15) is 0 Å². The molecule has 2 N–H and O–H groups in total. The molecule has 5 nitrogen and oxygen atoms in total. The topological polar surface area (TPSA) is 63.5 Å². The van der Waals surface area contributed by atoms with Gasteiger partial charge >= 0.3 is 6.03 Å². The zero-order valence-corrected chi connectivity index (χ0v) is 8.36. The number of ether oxygens (including phenoxy) is 1. The summed E-state index contributed by atoms with van der Waals surface area (Å²) in [6, 6.07) is 3.14. The molecule has 1 aromatic rings. The van der Waals surface area contributed by atoms with E-state index < -0.39 is 0 Å². The Morgan fingerprint density at radius 2 is 2.53 bits per heavy atom. The second-order valence-corrected chi connectivity index (χ2v) is 3.45. The van der Waals surface area contributed by atoms with E-state index in [0.29, 0.717) is 12.4 Å². The van der Waals surface area contributed by atoms with Gasteiger partial charge in [0, 0.05) is 19.2 Å². The van der Waals surface area contributed by atoms with Crippen LogP contribution >= 0.6 is 0 Å². The van der Waals surface area contributed by atoms with Gasteiger partial charge in [-0.15, -0.1) is 0 Å². The third-order valence-electron chi connectivity index (χ3n) is 2.27. The number of amides is 2. The number of carbonyl (C=O) groups excluding carboxylic acids is 1. The number of urea groups is 1. The third kappa shape index (κ3) is 2.99. The standard InChI is InChI=1S/C10H14N2O3/c13-10(12-9-4-2-6-15-9)11-7-8-3-1-5-14-8/h2,4,6,8H,1,3,5,7H2,(H2,11,12,13). The largest absolute Gasteiger partial charge is 0.449 e. The van der Waals surface area contributed by atoms with Gasteiger partial charge in [-0.1, -0.05) is 0 Å². The summed E-state index contributed by atoms with van der Waals surface area (Å²) < 4.78 is 10.3. The average molecular weight is 210 g/mol. The van der Waals surface area contributed by atoms with Gasteiger partial charge in [0.2, 0.25) is 5.88 Å². The van der Waals surface area contributed by atoms with Gasteiger partial charge in [-0.3, -0.25) is 5.32 Å². The summed E-state index contributed by atoms with van der Waals surface area (Å²) in [5, 5.41) is 5.30. The Balaban J connectivity index is 1.68. The number of hydrogen-bond acceptors (Lipinski definition) is 3. The van der Waals surface area contributed by atoms with Crippen molar-refractivity contribution < 1.29 is 13.9 Å². The molecular weight excluding hydrogens is 196 g/mol. The number of nitrogens with one attached hydrogen (secondary N) is 2. The van der Waals surface area contributed by atoms with E-state index in [2.05, 4.69) is 10.6 Å². The molecule has 15 heavy (non-hydrogen) atoms. The van der Waals surface area contributed by atoms with Crippen LogP contribution in [0.4, 0.5) is 10.7 Å². The van der Waals surface area contributed by atoms with Crippen LogP contribution in [-0.4, -0.2) is 25.3 Å². The lowest BCUT2D eigenvalue weighted by molar-refractivity contribution is 0.112. The van der Waals surface area contributed by atoms with Gasteiger partial charge < -0.3 is 14.5 Å². The van der Waals surface area contributed by atoms with Crippen LogP contribution in [-0.2, 0) is 4.74 Å². The van der Waals surface area contributed by atoms with Crippen LogP contribution in [0.5, 0.6) is 0 Å². The van der Waals surface area contributed by atoms with Crippen molar-refractivity contribution in [1.82, 2.24) is 5.32 Å². The molecule has 0 spiro atoms. The zero-order valence-electron chi connectivity index (χ0n) is 8.36. The Hall–Kier alpha value is -1.49. The number of furan rings is 1. The normalized spacial score (nSPS) is 20.1. The molecule has 82 valence electrons. The molecule has 2 heterocycles. The molecule has 2 amide bonds. The predicted molar refractivity (Wildman–Crippen MR) is 54.7 cm³/mol. The highest BCUT2D eigenvalue weighted by atomic mass is 16.5. The zero-order chi connectivity index (χ0) is 10.5. The number of anilines is 1. The van der Waals surface area contributed by atoms with Crippen LogP contribution in [0.3, 0.4) is 0 Å². The maximum atomic E-state index is 11.3. The third-order valence-corrected chi connectivity index (χ3v) is 2.27. The van der Waals surface area contributed by atoms with E-state index in [1.165, 1.54) is 6.26 Å². The van der Waals surface area contributed by atoms with Crippen molar-refractivity contribution in [3.63, 3.8) is 0 Å². The first-order valence-corrected chi connectivity index (χ1v) is 5.04. The highest BCUT2D eigenvalue weighted by molar-refractivity contribution is 5.87. The lowest BCUT2D eigenvalue weighted by atomic mass is 10.2. The molecule has 1 aliphatic heterocycles. The molecule has 1 atom stereocenters. The van der Waals surface area contributed by atoms with Gasteiger partial charge in [0.05, 0.1) is 12.4 Å². The number of hydrogen-bond donors (Lipinski definition) is 2. The molecule has 1 unspecified atom stereocenters. The van der Waals surface area contributed by atoms with E-state index in [-0.39, 0.29) is 12.1 Å². The van der Waals surface area contributed by atoms with Crippen molar-refractivity contribution >= 4 is 11.9 Å². The van der Waals surface area contributed by atoms with Crippen LogP contribution in [0, 0.1) is 0 Å². The summed E-state index contributed by atoms with van der Waals surface area (Å²) >= 11 is 0. The van der Waals surface area contributed by atoms with E-state index in [1.54, 1.807) is 12.1 Å². The summed E-state index contributed by atoms with van der Waals surface area (Å²) in [6.45, 7) is 1.35. The molecule has 2 rings (SSSR count). The second kappa shape index (κ2) is 4.84. The summed E-state index contributed by atoms with van der Waals surface area (Å²) in [4.78, 5) is 11.3. The van der Waals surface area contributed by atoms with E-state index >= 15 is 0 Å². The van der Waals surface area contributed by atoms with Crippen LogP contribution in [0.15, 0.2) is 22.8 Å². The molecule has 0 aromatic carbocycles. The maximum absolute atomic E-state index is 11.3. The minimum absolute atomic E-state index is 0.160. The Morgan fingerprint density at radius 3 is 3.20 bits per heavy atom. The van der Waals surface area contributed by atoms with Crippen molar-refractivity contribution in [1.29, 1.82) is 0 Å². The fourth-order valence-corrected chi connectivity index (χ4v) is 1.52. The van der Waals surface area contributed by atoms with Crippen molar-refractivity contribution in [3.8, 4) is 0 Å². The molecule has 0 radical (unpaired) electrons. The Bertz CT molecular complexity index is 304. The molecule has 0 bridgehead atoms. The summed E-state index contributed by atoms with van der Waals surface area (Å²) in [6.07, 6.45) is 3.76. The summed E-state index contributed by atoms with van der Waals surface area (Å²) in [7, 11) is 0. The van der Waals surface area contributed by atoms with E-state index in [9.17, 15) is 4.79 Å². The highest BCUT2D eigenvalue weighted by Gasteiger charge is 2.16. The summed E-state index contributed by atoms with van der Waals surface area (Å²) in [5.74, 6) is 0.444. The molecule has 1 fully saturated rings. The van der Waals surface area contributed by atoms with Crippen molar-refractivity contribution in [2.24, 2.45) is 0 Å². The molecule has 1 aromatic heterocycles.